The van der Waals surface area contributed by atoms with E-state index in [0.29, 0.717) is 9.64 Å². The molecule has 0 amide bonds. The third-order valence-corrected chi connectivity index (χ3v) is 3.40. The number of thiophene rings is 1. The van der Waals surface area contributed by atoms with Crippen molar-refractivity contribution in [1.82, 2.24) is 5.01 Å². The lowest BCUT2D eigenvalue weighted by Crippen LogP contribution is -2.08. The summed E-state index contributed by atoms with van der Waals surface area (Å²) >= 11 is 11.0. The second-order valence-electron chi connectivity index (χ2n) is 3.27. The topological polar surface area (TPSA) is 28.0 Å². The van der Waals surface area contributed by atoms with Crippen LogP contribution in [0, 0.1) is 0 Å². The fourth-order valence-corrected chi connectivity index (χ4v) is 2.05. The predicted molar refractivity (Wildman–Crippen MR) is 85.0 cm³/mol. The van der Waals surface area contributed by atoms with Gasteiger partial charge in [-0.05, 0) is 27.4 Å². The molecule has 1 rings (SSSR count). The van der Waals surface area contributed by atoms with Gasteiger partial charge in [0.2, 0.25) is 0 Å². The summed E-state index contributed by atoms with van der Waals surface area (Å²) in [5.74, 6) is 0. The molecule has 0 aliphatic rings. The molecule has 0 aliphatic heterocycles. The molecule has 0 saturated heterocycles. The zero-order valence-corrected chi connectivity index (χ0v) is 13.3. The number of aliphatic imine (C=N–C) groups is 1. The summed E-state index contributed by atoms with van der Waals surface area (Å²) in [4.78, 5) is 5.28. The highest BCUT2D eigenvalue weighted by Gasteiger charge is 2.05. The van der Waals surface area contributed by atoms with Crippen molar-refractivity contribution in [1.29, 1.82) is 0 Å². The van der Waals surface area contributed by atoms with E-state index in [4.69, 9.17) is 11.6 Å². The summed E-state index contributed by atoms with van der Waals surface area (Å²) in [5, 5.41) is 8.13. The van der Waals surface area contributed by atoms with Gasteiger partial charge < -0.3 is 0 Å². The van der Waals surface area contributed by atoms with Gasteiger partial charge in [0.05, 0.1) is 16.8 Å². The Labute approximate surface area is 124 Å². The van der Waals surface area contributed by atoms with E-state index >= 15 is 0 Å². The predicted octanol–water partition coefficient (Wildman–Crippen LogP) is 4.07. The summed E-state index contributed by atoms with van der Waals surface area (Å²) in [6, 6.07) is 3.97. The third-order valence-electron chi connectivity index (χ3n) is 1.95. The summed E-state index contributed by atoms with van der Waals surface area (Å²) < 4.78 is 0.682. The smallest absolute Gasteiger partial charge is 0.127 e. The molecule has 0 bridgehead atoms. The molecule has 0 aliphatic carbocycles. The molecule has 18 heavy (non-hydrogen) atoms. The molecular formula is C12H13BrClN3S. The lowest BCUT2D eigenvalue weighted by atomic mass is 10.3. The molecule has 0 aromatic carbocycles. The van der Waals surface area contributed by atoms with Crippen LogP contribution in [-0.2, 0) is 0 Å². The fourth-order valence-electron chi connectivity index (χ4n) is 1.08. The Hall–Kier alpha value is -0.910. The van der Waals surface area contributed by atoms with Gasteiger partial charge in [-0.3, -0.25) is 10.0 Å². The molecule has 1 aromatic heterocycles. The minimum Gasteiger partial charge on any atom is -0.287 e. The molecule has 0 unspecified atom stereocenters. The first-order chi connectivity index (χ1) is 8.54. The Morgan fingerprint density at radius 2 is 2.33 bits per heavy atom. The van der Waals surface area contributed by atoms with Gasteiger partial charge >= 0.3 is 0 Å². The van der Waals surface area contributed by atoms with Gasteiger partial charge in [-0.1, -0.05) is 24.2 Å². The second kappa shape index (κ2) is 7.51. The monoisotopic (exact) mass is 345 g/mol. The molecule has 6 heteroatoms. The van der Waals surface area contributed by atoms with Crippen molar-refractivity contribution in [3.63, 3.8) is 0 Å². The zero-order valence-electron chi connectivity index (χ0n) is 10.1. The zero-order chi connectivity index (χ0) is 13.5. The van der Waals surface area contributed by atoms with Crippen LogP contribution in [0.25, 0.3) is 0 Å². The molecule has 0 fully saturated rings. The van der Waals surface area contributed by atoms with Crippen molar-refractivity contribution in [2.75, 3.05) is 14.1 Å². The SMILES string of the molecule is C=C(Br)/C=N\N(C)/C(Cl)=C\C(=NC)c1cccs1. The van der Waals surface area contributed by atoms with Gasteiger partial charge in [-0.2, -0.15) is 5.10 Å². The van der Waals surface area contributed by atoms with Crippen LogP contribution in [0.5, 0.6) is 0 Å². The first kappa shape index (κ1) is 15.1. The number of halogens is 2. The maximum absolute atomic E-state index is 6.16. The van der Waals surface area contributed by atoms with Crippen LogP contribution in [0.4, 0.5) is 0 Å². The van der Waals surface area contributed by atoms with Crippen LogP contribution in [-0.4, -0.2) is 31.0 Å². The maximum atomic E-state index is 6.16. The van der Waals surface area contributed by atoms with E-state index < -0.39 is 0 Å². The third kappa shape index (κ3) is 4.76. The highest BCUT2D eigenvalue weighted by atomic mass is 79.9. The van der Waals surface area contributed by atoms with E-state index in [1.165, 1.54) is 0 Å². The van der Waals surface area contributed by atoms with E-state index in [9.17, 15) is 0 Å². The summed E-state index contributed by atoms with van der Waals surface area (Å²) in [6.45, 7) is 3.66. The Kier molecular flexibility index (Phi) is 6.32. The van der Waals surface area contributed by atoms with Crippen molar-refractivity contribution >= 4 is 50.8 Å². The van der Waals surface area contributed by atoms with Crippen molar-refractivity contribution in [3.8, 4) is 0 Å². The Bertz CT molecular complexity index is 491. The first-order valence-corrected chi connectivity index (χ1v) is 7.09. The molecule has 0 saturated carbocycles. The normalized spacial score (nSPS) is 13.1. The highest BCUT2D eigenvalue weighted by molar-refractivity contribution is 9.12. The Morgan fingerprint density at radius 3 is 2.83 bits per heavy atom. The van der Waals surface area contributed by atoms with E-state index in [1.807, 2.05) is 17.5 Å². The highest BCUT2D eigenvalue weighted by Crippen LogP contribution is 2.15. The largest absolute Gasteiger partial charge is 0.287 e. The molecule has 3 nitrogen and oxygen atoms in total. The van der Waals surface area contributed by atoms with Gasteiger partial charge in [0.15, 0.2) is 0 Å². The second-order valence-corrected chi connectivity index (χ2v) is 5.62. The number of hydrogen-bond acceptors (Lipinski definition) is 4. The molecule has 1 heterocycles. The number of hydrazone groups is 1. The number of allylic oxidation sites excluding steroid dienone is 2. The van der Waals surface area contributed by atoms with Gasteiger partial charge in [-0.15, -0.1) is 11.3 Å². The lowest BCUT2D eigenvalue weighted by molar-refractivity contribution is 0.479. The standard InChI is InChI=1S/C12H13BrClN3S/c1-9(13)8-16-17(3)12(14)7-10(15-2)11-5-4-6-18-11/h4-8H,1H2,2-3H3/b12-7-,15-10?,16-8-. The fraction of sp³-hybridized carbons (Fsp3) is 0.167. The van der Waals surface area contributed by atoms with E-state index in [1.54, 1.807) is 42.7 Å². The molecule has 0 radical (unpaired) electrons. The van der Waals surface area contributed by atoms with Gasteiger partial charge in [0.25, 0.3) is 0 Å². The summed E-state index contributed by atoms with van der Waals surface area (Å²) in [7, 11) is 3.49. The maximum Gasteiger partial charge on any atom is 0.127 e. The van der Waals surface area contributed by atoms with E-state index in [-0.39, 0.29) is 0 Å². The lowest BCUT2D eigenvalue weighted by Gasteiger charge is -2.11. The summed E-state index contributed by atoms with van der Waals surface area (Å²) in [5.41, 5.74) is 0.828. The minimum atomic E-state index is 0.481. The molecule has 1 aromatic rings. The van der Waals surface area contributed by atoms with Crippen LogP contribution in [0.15, 0.2) is 49.9 Å². The molecule has 0 spiro atoms. The number of hydrogen-bond donors (Lipinski definition) is 0. The summed E-state index contributed by atoms with van der Waals surface area (Å²) in [6.07, 6.45) is 3.35. The quantitative estimate of drug-likeness (QED) is 0.448. The van der Waals surface area contributed by atoms with Crippen molar-refractivity contribution in [2.45, 2.75) is 0 Å². The van der Waals surface area contributed by atoms with Crippen LogP contribution in [0.2, 0.25) is 0 Å². The van der Waals surface area contributed by atoms with Gasteiger partial charge in [0, 0.05) is 24.7 Å². The van der Waals surface area contributed by atoms with Crippen molar-refractivity contribution in [2.24, 2.45) is 10.1 Å². The van der Waals surface area contributed by atoms with Crippen molar-refractivity contribution in [3.05, 3.63) is 44.7 Å². The van der Waals surface area contributed by atoms with Crippen LogP contribution in [0.3, 0.4) is 0 Å². The molecule has 0 atom stereocenters. The first-order valence-electron chi connectivity index (χ1n) is 5.04. The Morgan fingerprint density at radius 1 is 1.61 bits per heavy atom. The van der Waals surface area contributed by atoms with Crippen LogP contribution in [0.1, 0.15) is 4.88 Å². The average molecular weight is 347 g/mol. The number of rotatable bonds is 5. The van der Waals surface area contributed by atoms with Gasteiger partial charge in [-0.25, -0.2) is 0 Å². The van der Waals surface area contributed by atoms with Crippen molar-refractivity contribution < 1.29 is 0 Å². The van der Waals surface area contributed by atoms with Gasteiger partial charge in [0.1, 0.15) is 5.16 Å². The van der Waals surface area contributed by atoms with E-state index in [0.717, 1.165) is 10.6 Å². The Balaban J connectivity index is 2.85. The van der Waals surface area contributed by atoms with Crippen LogP contribution >= 0.6 is 38.9 Å². The molecule has 0 N–H and O–H groups in total. The van der Waals surface area contributed by atoms with E-state index in [2.05, 4.69) is 32.6 Å². The average Bonchev–Trinajstić information content (AvgIpc) is 2.86. The number of nitrogens with zero attached hydrogens (tertiary/aromatic N) is 3. The minimum absolute atomic E-state index is 0.481. The molecule has 96 valence electrons. The van der Waals surface area contributed by atoms with Crippen LogP contribution < -0.4 is 0 Å². The molecular weight excluding hydrogens is 334 g/mol.